The maximum Gasteiger partial charge on any atom is 0.160 e. The Labute approximate surface area is 108 Å². The number of phenolic OH excluding ortho intramolecular Hbond substituents is 2. The summed E-state index contributed by atoms with van der Waals surface area (Å²) < 4.78 is 10.9. The van der Waals surface area contributed by atoms with E-state index in [1.807, 2.05) is 19.9 Å². The van der Waals surface area contributed by atoms with Gasteiger partial charge < -0.3 is 19.7 Å². The smallest absolute Gasteiger partial charge is 0.160 e. The molecule has 1 rings (SSSR count). The van der Waals surface area contributed by atoms with Gasteiger partial charge in [-0.1, -0.05) is 12.1 Å². The molecule has 1 aromatic rings. The Morgan fingerprint density at radius 2 is 1.78 bits per heavy atom. The number of benzene rings is 1. The molecule has 0 heterocycles. The van der Waals surface area contributed by atoms with E-state index in [4.69, 9.17) is 9.47 Å². The van der Waals surface area contributed by atoms with Crippen LogP contribution >= 0.6 is 0 Å². The van der Waals surface area contributed by atoms with Crippen LogP contribution in [0.4, 0.5) is 0 Å². The molecule has 1 aromatic carbocycles. The highest BCUT2D eigenvalue weighted by Gasteiger charge is 2.10. The minimum Gasteiger partial charge on any atom is -0.504 e. The van der Waals surface area contributed by atoms with Gasteiger partial charge in [0.05, 0.1) is 0 Å². The summed E-state index contributed by atoms with van der Waals surface area (Å²) in [7, 11) is 0. The number of aromatic hydroxyl groups is 2. The molecule has 4 nitrogen and oxygen atoms in total. The van der Waals surface area contributed by atoms with E-state index in [0.29, 0.717) is 19.6 Å². The van der Waals surface area contributed by atoms with Crippen LogP contribution in [-0.2, 0) is 15.9 Å². The predicted molar refractivity (Wildman–Crippen MR) is 69.7 cm³/mol. The Morgan fingerprint density at radius 1 is 1.11 bits per heavy atom. The number of para-hydroxylation sites is 1. The van der Waals surface area contributed by atoms with E-state index in [9.17, 15) is 10.2 Å². The molecule has 0 unspecified atom stereocenters. The second kappa shape index (κ2) is 7.95. The van der Waals surface area contributed by atoms with Crippen molar-refractivity contribution in [3.05, 3.63) is 23.8 Å². The van der Waals surface area contributed by atoms with Gasteiger partial charge in [0.15, 0.2) is 17.8 Å². The maximum atomic E-state index is 9.66. The molecular formula is C14H22O4. The SMILES string of the molecule is CCOC(CCCc1cccc(O)c1O)OCC. The van der Waals surface area contributed by atoms with E-state index >= 15 is 0 Å². The largest absolute Gasteiger partial charge is 0.504 e. The van der Waals surface area contributed by atoms with Crippen molar-refractivity contribution in [2.75, 3.05) is 13.2 Å². The van der Waals surface area contributed by atoms with Crippen LogP contribution in [0.2, 0.25) is 0 Å². The van der Waals surface area contributed by atoms with E-state index < -0.39 is 0 Å². The zero-order valence-electron chi connectivity index (χ0n) is 11.1. The van der Waals surface area contributed by atoms with Gasteiger partial charge in [-0.2, -0.15) is 0 Å². The highest BCUT2D eigenvalue weighted by molar-refractivity contribution is 5.44. The van der Waals surface area contributed by atoms with Crippen LogP contribution in [-0.4, -0.2) is 29.7 Å². The van der Waals surface area contributed by atoms with Crippen molar-refractivity contribution < 1.29 is 19.7 Å². The minimum atomic E-state index is -0.181. The Morgan fingerprint density at radius 3 is 2.39 bits per heavy atom. The Balaban J connectivity index is 2.42. The topological polar surface area (TPSA) is 58.9 Å². The Bertz CT molecular complexity index is 346. The number of ether oxygens (including phenoxy) is 2. The molecule has 0 fully saturated rings. The van der Waals surface area contributed by atoms with Crippen LogP contribution in [0.3, 0.4) is 0 Å². The van der Waals surface area contributed by atoms with E-state index in [0.717, 1.165) is 18.4 Å². The molecule has 0 aliphatic heterocycles. The van der Waals surface area contributed by atoms with Crippen molar-refractivity contribution >= 4 is 0 Å². The van der Waals surface area contributed by atoms with Gasteiger partial charge in [0, 0.05) is 13.2 Å². The maximum absolute atomic E-state index is 9.66. The Hall–Kier alpha value is -1.26. The molecule has 0 bridgehead atoms. The summed E-state index contributed by atoms with van der Waals surface area (Å²) in [6, 6.07) is 5.01. The fourth-order valence-electron chi connectivity index (χ4n) is 1.83. The van der Waals surface area contributed by atoms with Crippen molar-refractivity contribution in [3.8, 4) is 11.5 Å². The zero-order valence-corrected chi connectivity index (χ0v) is 11.1. The molecule has 0 atom stereocenters. The first-order chi connectivity index (χ1) is 8.69. The number of aryl methyl sites for hydroxylation is 1. The van der Waals surface area contributed by atoms with Gasteiger partial charge in [0.1, 0.15) is 0 Å². The highest BCUT2D eigenvalue weighted by atomic mass is 16.7. The number of rotatable bonds is 8. The zero-order chi connectivity index (χ0) is 13.4. The van der Waals surface area contributed by atoms with Crippen LogP contribution in [0.25, 0.3) is 0 Å². The number of hydrogen-bond acceptors (Lipinski definition) is 4. The third-order valence-corrected chi connectivity index (χ3v) is 2.69. The molecule has 0 radical (unpaired) electrons. The average molecular weight is 254 g/mol. The molecule has 102 valence electrons. The van der Waals surface area contributed by atoms with Crippen LogP contribution in [0, 0.1) is 0 Å². The summed E-state index contributed by atoms with van der Waals surface area (Å²) in [6.45, 7) is 5.13. The molecule has 18 heavy (non-hydrogen) atoms. The average Bonchev–Trinajstić information content (AvgIpc) is 2.35. The lowest BCUT2D eigenvalue weighted by molar-refractivity contribution is -0.140. The van der Waals surface area contributed by atoms with Crippen LogP contribution in [0.5, 0.6) is 11.5 Å². The van der Waals surface area contributed by atoms with Gasteiger partial charge in [0.2, 0.25) is 0 Å². The van der Waals surface area contributed by atoms with E-state index in [-0.39, 0.29) is 17.8 Å². The van der Waals surface area contributed by atoms with Crippen molar-refractivity contribution in [1.82, 2.24) is 0 Å². The highest BCUT2D eigenvalue weighted by Crippen LogP contribution is 2.29. The first-order valence-electron chi connectivity index (χ1n) is 6.42. The molecule has 0 amide bonds. The molecule has 4 heteroatoms. The summed E-state index contributed by atoms with van der Waals surface area (Å²) in [4.78, 5) is 0. The van der Waals surface area contributed by atoms with Gasteiger partial charge in [0.25, 0.3) is 0 Å². The molecule has 2 N–H and O–H groups in total. The van der Waals surface area contributed by atoms with Gasteiger partial charge in [-0.15, -0.1) is 0 Å². The number of phenols is 2. The summed E-state index contributed by atoms with van der Waals surface area (Å²) in [5.74, 6) is -0.0967. The van der Waals surface area contributed by atoms with E-state index in [1.54, 1.807) is 6.07 Å². The van der Waals surface area contributed by atoms with Crippen LogP contribution in [0.1, 0.15) is 32.3 Å². The second-order valence-corrected chi connectivity index (χ2v) is 4.02. The summed E-state index contributed by atoms with van der Waals surface area (Å²) >= 11 is 0. The van der Waals surface area contributed by atoms with Crippen molar-refractivity contribution in [2.24, 2.45) is 0 Å². The van der Waals surface area contributed by atoms with Crippen molar-refractivity contribution in [2.45, 2.75) is 39.4 Å². The normalized spacial score (nSPS) is 11.1. The molecule has 0 aromatic heterocycles. The fourth-order valence-corrected chi connectivity index (χ4v) is 1.83. The molecule has 0 spiro atoms. The molecule has 0 aliphatic carbocycles. The minimum absolute atomic E-state index is 0.0260. The van der Waals surface area contributed by atoms with Gasteiger partial charge in [-0.3, -0.25) is 0 Å². The predicted octanol–water partition coefficient (Wildman–Crippen LogP) is 2.82. The van der Waals surface area contributed by atoms with E-state index in [1.165, 1.54) is 6.07 Å². The molecule has 0 saturated heterocycles. The second-order valence-electron chi connectivity index (χ2n) is 4.02. The quantitative estimate of drug-likeness (QED) is 0.553. The number of hydrogen-bond donors (Lipinski definition) is 2. The first kappa shape index (κ1) is 14.8. The molecule has 0 saturated carbocycles. The summed E-state index contributed by atoms with van der Waals surface area (Å²) in [5.41, 5.74) is 0.752. The fraction of sp³-hybridized carbons (Fsp3) is 0.571. The molecular weight excluding hydrogens is 232 g/mol. The lowest BCUT2D eigenvalue weighted by Gasteiger charge is -2.16. The summed E-state index contributed by atoms with van der Waals surface area (Å²) in [5, 5.41) is 19.0. The van der Waals surface area contributed by atoms with Crippen molar-refractivity contribution in [1.29, 1.82) is 0 Å². The van der Waals surface area contributed by atoms with Crippen molar-refractivity contribution in [3.63, 3.8) is 0 Å². The van der Waals surface area contributed by atoms with Crippen LogP contribution in [0.15, 0.2) is 18.2 Å². The summed E-state index contributed by atoms with van der Waals surface area (Å²) in [6.07, 6.45) is 2.12. The standard InChI is InChI=1S/C14H22O4/c1-3-17-13(18-4-2)10-6-8-11-7-5-9-12(15)14(11)16/h5,7,9,13,15-16H,3-4,6,8,10H2,1-2H3. The van der Waals surface area contributed by atoms with Gasteiger partial charge >= 0.3 is 0 Å². The van der Waals surface area contributed by atoms with Gasteiger partial charge in [-0.25, -0.2) is 0 Å². The third-order valence-electron chi connectivity index (χ3n) is 2.69. The van der Waals surface area contributed by atoms with Gasteiger partial charge in [-0.05, 0) is 44.7 Å². The van der Waals surface area contributed by atoms with Crippen LogP contribution < -0.4 is 0 Å². The molecule has 0 aliphatic rings. The third kappa shape index (κ3) is 4.55. The monoisotopic (exact) mass is 254 g/mol. The lowest BCUT2D eigenvalue weighted by atomic mass is 10.1. The van der Waals surface area contributed by atoms with E-state index in [2.05, 4.69) is 0 Å². The Kier molecular flexibility index (Phi) is 6.54. The first-order valence-corrected chi connectivity index (χ1v) is 6.42. The lowest BCUT2D eigenvalue weighted by Crippen LogP contribution is -2.17.